The number of hydrogen-bond donors (Lipinski definition) is 1. The fraction of sp³-hybridized carbons (Fsp3) is 0.562. The maximum absolute atomic E-state index is 11.6. The summed E-state index contributed by atoms with van der Waals surface area (Å²) in [6.45, 7) is 4.93. The predicted octanol–water partition coefficient (Wildman–Crippen LogP) is 1.44. The zero-order valence-corrected chi connectivity index (χ0v) is 15.2. The zero-order valence-electron chi connectivity index (χ0n) is 13.5. The molecule has 2 aliphatic rings. The summed E-state index contributed by atoms with van der Waals surface area (Å²) in [5.41, 5.74) is 1.07. The van der Waals surface area contributed by atoms with Crippen molar-refractivity contribution in [3.8, 4) is 10.6 Å². The minimum Gasteiger partial charge on any atom is -0.297 e. The summed E-state index contributed by atoms with van der Waals surface area (Å²) in [5, 5.41) is 7.01. The number of rotatable bonds is 4. The molecule has 6 nitrogen and oxygen atoms in total. The first-order valence-electron chi connectivity index (χ1n) is 8.34. The fourth-order valence-electron chi connectivity index (χ4n) is 3.57. The van der Waals surface area contributed by atoms with E-state index in [2.05, 4.69) is 32.1 Å². The van der Waals surface area contributed by atoms with Gasteiger partial charge in [0.1, 0.15) is 0 Å². The minimum absolute atomic E-state index is 0.242. The highest BCUT2D eigenvalue weighted by Crippen LogP contribution is 2.27. The number of aromatic nitrogens is 2. The van der Waals surface area contributed by atoms with Gasteiger partial charge >= 0.3 is 0 Å². The topological polar surface area (TPSA) is 69.3 Å². The van der Waals surface area contributed by atoms with Gasteiger partial charge in [0.2, 0.25) is 0 Å². The van der Waals surface area contributed by atoms with Crippen molar-refractivity contribution in [2.75, 3.05) is 37.7 Å². The maximum Gasteiger partial charge on any atom is 0.151 e. The molecule has 0 bridgehead atoms. The van der Waals surface area contributed by atoms with Gasteiger partial charge in [-0.3, -0.25) is 14.9 Å². The van der Waals surface area contributed by atoms with E-state index in [0.717, 1.165) is 44.8 Å². The summed E-state index contributed by atoms with van der Waals surface area (Å²) in [5.74, 6) is 0.717. The average molecular weight is 367 g/mol. The molecular formula is C16H22N4O2S2. The second-order valence-corrected chi connectivity index (χ2v) is 10.0. The normalized spacial score (nSPS) is 25.2. The van der Waals surface area contributed by atoms with Crippen molar-refractivity contribution in [1.29, 1.82) is 0 Å². The molecule has 4 rings (SSSR count). The highest BCUT2D eigenvalue weighted by Gasteiger charge is 2.33. The molecule has 8 heteroatoms. The Hall–Kier alpha value is -1.22. The van der Waals surface area contributed by atoms with Gasteiger partial charge in [-0.25, -0.2) is 8.42 Å². The van der Waals surface area contributed by atoms with Crippen molar-refractivity contribution in [3.05, 3.63) is 29.3 Å². The van der Waals surface area contributed by atoms with E-state index >= 15 is 0 Å². The van der Waals surface area contributed by atoms with Crippen molar-refractivity contribution >= 4 is 21.2 Å². The van der Waals surface area contributed by atoms with Crippen LogP contribution < -0.4 is 0 Å². The third-order valence-electron chi connectivity index (χ3n) is 4.94. The van der Waals surface area contributed by atoms with Crippen molar-refractivity contribution in [1.82, 2.24) is 20.0 Å². The van der Waals surface area contributed by atoms with Gasteiger partial charge in [-0.05, 0) is 24.6 Å². The number of H-pyrrole nitrogens is 1. The lowest BCUT2D eigenvalue weighted by atomic mass is 10.2. The number of nitrogens with zero attached hydrogens (tertiary/aromatic N) is 3. The third kappa shape index (κ3) is 3.56. The number of hydrogen-bond acceptors (Lipinski definition) is 6. The van der Waals surface area contributed by atoms with E-state index in [1.54, 1.807) is 17.5 Å². The Balaban J connectivity index is 1.31. The first-order valence-corrected chi connectivity index (χ1v) is 11.0. The van der Waals surface area contributed by atoms with E-state index in [0.29, 0.717) is 11.5 Å². The Morgan fingerprint density at radius 2 is 2.04 bits per heavy atom. The van der Waals surface area contributed by atoms with Crippen LogP contribution in [0.15, 0.2) is 24.4 Å². The lowest BCUT2D eigenvalue weighted by Gasteiger charge is -2.37. The van der Waals surface area contributed by atoms with Gasteiger partial charge in [0.25, 0.3) is 0 Å². The Bertz CT molecular complexity index is 777. The Morgan fingerprint density at radius 3 is 2.71 bits per heavy atom. The molecule has 1 atom stereocenters. The lowest BCUT2D eigenvalue weighted by Crippen LogP contribution is -2.50. The van der Waals surface area contributed by atoms with E-state index in [-0.39, 0.29) is 6.04 Å². The highest BCUT2D eigenvalue weighted by molar-refractivity contribution is 7.91. The molecule has 130 valence electrons. The smallest absolute Gasteiger partial charge is 0.151 e. The largest absolute Gasteiger partial charge is 0.297 e. The molecule has 0 radical (unpaired) electrons. The van der Waals surface area contributed by atoms with Gasteiger partial charge in [0.15, 0.2) is 9.84 Å². The molecule has 4 heterocycles. The predicted molar refractivity (Wildman–Crippen MR) is 95.8 cm³/mol. The molecule has 0 aliphatic carbocycles. The van der Waals surface area contributed by atoms with Gasteiger partial charge in [-0.2, -0.15) is 5.10 Å². The molecule has 1 N–H and O–H groups in total. The number of aromatic amines is 1. The van der Waals surface area contributed by atoms with E-state index in [1.807, 2.05) is 6.07 Å². The molecule has 2 saturated heterocycles. The number of thiophene rings is 1. The van der Waals surface area contributed by atoms with Crippen LogP contribution in [-0.2, 0) is 16.4 Å². The van der Waals surface area contributed by atoms with Gasteiger partial charge in [-0.1, -0.05) is 0 Å². The molecule has 2 aromatic rings. The van der Waals surface area contributed by atoms with Gasteiger partial charge < -0.3 is 0 Å². The van der Waals surface area contributed by atoms with Crippen molar-refractivity contribution in [2.45, 2.75) is 19.0 Å². The van der Waals surface area contributed by atoms with Crippen LogP contribution in [0, 0.1) is 0 Å². The molecule has 2 aliphatic heterocycles. The minimum atomic E-state index is -2.79. The summed E-state index contributed by atoms with van der Waals surface area (Å²) in [4.78, 5) is 7.40. The van der Waals surface area contributed by atoms with Crippen LogP contribution in [0.4, 0.5) is 0 Å². The van der Waals surface area contributed by atoms with Gasteiger partial charge in [0.05, 0.1) is 22.1 Å². The maximum atomic E-state index is 11.6. The van der Waals surface area contributed by atoms with Crippen LogP contribution in [0.5, 0.6) is 0 Å². The Morgan fingerprint density at radius 1 is 1.21 bits per heavy atom. The Labute approximate surface area is 146 Å². The fourth-order valence-corrected chi connectivity index (χ4v) is 6.36. The lowest BCUT2D eigenvalue weighted by molar-refractivity contribution is 0.101. The van der Waals surface area contributed by atoms with Crippen LogP contribution in [0.1, 0.15) is 11.3 Å². The first kappa shape index (κ1) is 16.3. The first-order chi connectivity index (χ1) is 11.6. The zero-order chi connectivity index (χ0) is 16.6. The summed E-state index contributed by atoms with van der Waals surface area (Å²) < 4.78 is 23.3. The molecule has 0 unspecified atom stereocenters. The van der Waals surface area contributed by atoms with Crippen LogP contribution in [0.25, 0.3) is 10.6 Å². The number of sulfone groups is 1. The van der Waals surface area contributed by atoms with E-state index in [4.69, 9.17) is 0 Å². The molecule has 2 aromatic heterocycles. The van der Waals surface area contributed by atoms with E-state index < -0.39 is 9.84 Å². The summed E-state index contributed by atoms with van der Waals surface area (Å²) in [6, 6.07) is 6.57. The van der Waals surface area contributed by atoms with Crippen molar-refractivity contribution in [3.63, 3.8) is 0 Å². The second-order valence-electron chi connectivity index (χ2n) is 6.61. The van der Waals surface area contributed by atoms with Crippen molar-refractivity contribution < 1.29 is 8.42 Å². The Kier molecular flexibility index (Phi) is 4.46. The molecular weight excluding hydrogens is 344 g/mol. The number of nitrogens with one attached hydrogen (secondary N) is 1. The molecule has 0 spiro atoms. The van der Waals surface area contributed by atoms with Gasteiger partial charge in [0, 0.05) is 49.8 Å². The molecule has 0 aromatic carbocycles. The summed E-state index contributed by atoms with van der Waals surface area (Å²) in [7, 11) is -2.79. The average Bonchev–Trinajstić information content (AvgIpc) is 3.28. The molecule has 0 saturated carbocycles. The third-order valence-corrected chi connectivity index (χ3v) is 7.79. The highest BCUT2D eigenvalue weighted by atomic mass is 32.2. The van der Waals surface area contributed by atoms with E-state index in [1.165, 1.54) is 9.75 Å². The summed E-state index contributed by atoms with van der Waals surface area (Å²) in [6.07, 6.45) is 2.58. The van der Waals surface area contributed by atoms with Crippen molar-refractivity contribution in [2.24, 2.45) is 0 Å². The summed E-state index contributed by atoms with van der Waals surface area (Å²) >= 11 is 1.80. The molecule has 2 fully saturated rings. The molecule has 24 heavy (non-hydrogen) atoms. The van der Waals surface area contributed by atoms with Crippen LogP contribution in [-0.4, -0.2) is 72.1 Å². The SMILES string of the molecule is O=S1(=O)CC[C@@H](N2CCN(Cc3ccc(-c4ccn[nH]4)s3)CC2)C1. The van der Waals surface area contributed by atoms with Crippen LogP contribution >= 0.6 is 11.3 Å². The second kappa shape index (κ2) is 6.59. The standard InChI is InChI=1S/C16H22N4O2S2/c21-24(22)10-4-13(12-24)20-8-6-19(7-9-20)11-14-1-2-16(23-14)15-3-5-17-18-15/h1-3,5,13H,4,6-12H2,(H,17,18)/t13-/m1/s1. The number of piperazine rings is 1. The van der Waals surface area contributed by atoms with Crippen LogP contribution in [0.2, 0.25) is 0 Å². The molecule has 0 amide bonds. The van der Waals surface area contributed by atoms with Gasteiger partial charge in [-0.15, -0.1) is 11.3 Å². The van der Waals surface area contributed by atoms with E-state index in [9.17, 15) is 8.42 Å². The monoisotopic (exact) mass is 366 g/mol. The quantitative estimate of drug-likeness (QED) is 0.887. The van der Waals surface area contributed by atoms with Crippen LogP contribution in [0.3, 0.4) is 0 Å².